The minimum absolute atomic E-state index is 0.263. The van der Waals surface area contributed by atoms with Crippen LogP contribution in [0.2, 0.25) is 10.0 Å². The van der Waals surface area contributed by atoms with Gasteiger partial charge < -0.3 is 10.6 Å². The Hall–Kier alpha value is -2.83. The van der Waals surface area contributed by atoms with Gasteiger partial charge in [-0.05, 0) is 36.4 Å². The maximum Gasteiger partial charge on any atom is 0.271 e. The monoisotopic (exact) mass is 402 g/mol. The zero-order valence-corrected chi connectivity index (χ0v) is 15.7. The summed E-state index contributed by atoms with van der Waals surface area (Å²) >= 11 is 11.9. The zero-order valence-electron chi connectivity index (χ0n) is 14.2. The van der Waals surface area contributed by atoms with Crippen LogP contribution in [0.1, 0.15) is 20.8 Å². The quantitative estimate of drug-likeness (QED) is 0.620. The number of aromatic nitrogens is 2. The summed E-state index contributed by atoms with van der Waals surface area (Å²) in [4.78, 5) is 24.2. The van der Waals surface area contributed by atoms with Crippen LogP contribution in [0.4, 0.5) is 0 Å². The molecule has 0 atom stereocenters. The fourth-order valence-corrected chi connectivity index (χ4v) is 2.80. The number of amides is 2. The van der Waals surface area contributed by atoms with Crippen LogP contribution < -0.4 is 10.6 Å². The molecule has 0 saturated carbocycles. The van der Waals surface area contributed by atoms with E-state index in [1.54, 1.807) is 59.4 Å². The minimum atomic E-state index is -0.331. The molecule has 8 heteroatoms. The lowest BCUT2D eigenvalue weighted by Crippen LogP contribution is -2.35. The van der Waals surface area contributed by atoms with E-state index < -0.39 is 0 Å². The second-order valence-corrected chi connectivity index (χ2v) is 6.46. The lowest BCUT2D eigenvalue weighted by Gasteiger charge is -2.07. The van der Waals surface area contributed by atoms with Crippen molar-refractivity contribution in [2.24, 2.45) is 0 Å². The van der Waals surface area contributed by atoms with Gasteiger partial charge >= 0.3 is 0 Å². The van der Waals surface area contributed by atoms with Crippen molar-refractivity contribution in [2.75, 3.05) is 13.1 Å². The average Bonchev–Trinajstić information content (AvgIpc) is 3.15. The number of nitrogens with one attached hydrogen (secondary N) is 2. The Morgan fingerprint density at radius 2 is 1.67 bits per heavy atom. The molecule has 0 unspecified atom stereocenters. The SMILES string of the molecule is O=C(NCCNC(=O)c1ccccc1Cl)c1ccn(-c2cccc(Cl)c2)n1. The lowest BCUT2D eigenvalue weighted by molar-refractivity contribution is 0.0925. The number of halogens is 2. The molecule has 27 heavy (non-hydrogen) atoms. The highest BCUT2D eigenvalue weighted by Crippen LogP contribution is 2.15. The van der Waals surface area contributed by atoms with Gasteiger partial charge in [0.15, 0.2) is 5.69 Å². The van der Waals surface area contributed by atoms with Gasteiger partial charge in [0.1, 0.15) is 0 Å². The van der Waals surface area contributed by atoms with Crippen LogP contribution >= 0.6 is 23.2 Å². The first-order valence-electron chi connectivity index (χ1n) is 8.17. The van der Waals surface area contributed by atoms with Crippen molar-refractivity contribution in [1.29, 1.82) is 0 Å². The molecule has 0 radical (unpaired) electrons. The Balaban J connectivity index is 1.50. The summed E-state index contributed by atoms with van der Waals surface area (Å²) in [5.74, 6) is -0.622. The summed E-state index contributed by atoms with van der Waals surface area (Å²) in [7, 11) is 0. The van der Waals surface area contributed by atoms with Gasteiger partial charge in [0.05, 0.1) is 16.3 Å². The molecular weight excluding hydrogens is 387 g/mol. The van der Waals surface area contributed by atoms with Crippen LogP contribution in [0.25, 0.3) is 5.69 Å². The number of carbonyl (C=O) groups excluding carboxylic acids is 2. The molecule has 138 valence electrons. The van der Waals surface area contributed by atoms with E-state index in [0.29, 0.717) is 15.6 Å². The van der Waals surface area contributed by atoms with E-state index in [-0.39, 0.29) is 30.6 Å². The van der Waals surface area contributed by atoms with Gasteiger partial charge in [0, 0.05) is 24.3 Å². The van der Waals surface area contributed by atoms with Gasteiger partial charge in [-0.25, -0.2) is 4.68 Å². The summed E-state index contributed by atoms with van der Waals surface area (Å²) in [5.41, 5.74) is 1.42. The fraction of sp³-hybridized carbons (Fsp3) is 0.105. The third-order valence-electron chi connectivity index (χ3n) is 3.71. The van der Waals surface area contributed by atoms with Crippen molar-refractivity contribution in [1.82, 2.24) is 20.4 Å². The Bertz CT molecular complexity index is 972. The molecule has 0 bridgehead atoms. The third-order valence-corrected chi connectivity index (χ3v) is 4.27. The Labute approximate surface area is 166 Å². The van der Waals surface area contributed by atoms with Crippen LogP contribution in [0.15, 0.2) is 60.8 Å². The minimum Gasteiger partial charge on any atom is -0.350 e. The molecule has 2 N–H and O–H groups in total. The average molecular weight is 403 g/mol. The topological polar surface area (TPSA) is 76.0 Å². The summed E-state index contributed by atoms with van der Waals surface area (Å²) in [6.45, 7) is 0.532. The fourth-order valence-electron chi connectivity index (χ4n) is 2.39. The number of nitrogens with zero attached hydrogens (tertiary/aromatic N) is 2. The van der Waals surface area contributed by atoms with Crippen LogP contribution in [-0.2, 0) is 0 Å². The van der Waals surface area contributed by atoms with Crippen molar-refractivity contribution in [2.45, 2.75) is 0 Å². The Morgan fingerprint density at radius 1 is 0.926 bits per heavy atom. The molecule has 1 aromatic heterocycles. The highest BCUT2D eigenvalue weighted by Gasteiger charge is 2.11. The highest BCUT2D eigenvalue weighted by molar-refractivity contribution is 6.33. The summed E-state index contributed by atoms with van der Waals surface area (Å²) in [5, 5.41) is 10.6. The smallest absolute Gasteiger partial charge is 0.271 e. The first-order chi connectivity index (χ1) is 13.0. The van der Waals surface area contributed by atoms with E-state index in [1.807, 2.05) is 6.07 Å². The van der Waals surface area contributed by atoms with Crippen LogP contribution in [0, 0.1) is 0 Å². The van der Waals surface area contributed by atoms with Crippen molar-refractivity contribution < 1.29 is 9.59 Å². The number of rotatable bonds is 6. The van der Waals surface area contributed by atoms with Gasteiger partial charge in [-0.2, -0.15) is 5.10 Å². The molecule has 0 saturated heterocycles. The van der Waals surface area contributed by atoms with Gasteiger partial charge in [-0.15, -0.1) is 0 Å². The first kappa shape index (κ1) is 18.9. The molecule has 2 amide bonds. The summed E-state index contributed by atoms with van der Waals surface area (Å²) in [6, 6.07) is 15.5. The first-order valence-corrected chi connectivity index (χ1v) is 8.93. The number of hydrogen-bond donors (Lipinski definition) is 2. The molecule has 0 aliphatic rings. The number of hydrogen-bond acceptors (Lipinski definition) is 3. The maximum absolute atomic E-state index is 12.2. The predicted molar refractivity (Wildman–Crippen MR) is 105 cm³/mol. The van der Waals surface area contributed by atoms with E-state index >= 15 is 0 Å². The molecule has 6 nitrogen and oxygen atoms in total. The predicted octanol–water partition coefficient (Wildman–Crippen LogP) is 3.34. The van der Waals surface area contributed by atoms with Crippen LogP contribution in [0.3, 0.4) is 0 Å². The normalized spacial score (nSPS) is 10.4. The maximum atomic E-state index is 12.2. The standard InChI is InChI=1S/C19H16Cl2N4O2/c20-13-4-3-5-14(12-13)25-11-8-17(24-25)19(27)23-10-9-22-18(26)15-6-1-2-7-16(15)21/h1-8,11-12H,9-10H2,(H,22,26)(H,23,27). The van der Waals surface area contributed by atoms with Crippen molar-refractivity contribution in [3.05, 3.63) is 82.1 Å². The summed E-state index contributed by atoms with van der Waals surface area (Å²) < 4.78 is 1.57. The zero-order chi connectivity index (χ0) is 19.2. The van der Waals surface area contributed by atoms with E-state index in [4.69, 9.17) is 23.2 Å². The van der Waals surface area contributed by atoms with Gasteiger partial charge in [-0.1, -0.05) is 41.4 Å². The van der Waals surface area contributed by atoms with Crippen LogP contribution in [0.5, 0.6) is 0 Å². The van der Waals surface area contributed by atoms with Crippen LogP contribution in [-0.4, -0.2) is 34.7 Å². The molecule has 0 spiro atoms. The second kappa shape index (κ2) is 8.70. The third kappa shape index (κ3) is 4.87. The Kier molecular flexibility index (Phi) is 6.11. The lowest BCUT2D eigenvalue weighted by atomic mass is 10.2. The molecular formula is C19H16Cl2N4O2. The van der Waals surface area contributed by atoms with E-state index in [0.717, 1.165) is 5.69 Å². The molecule has 0 aliphatic heterocycles. The van der Waals surface area contributed by atoms with E-state index in [2.05, 4.69) is 15.7 Å². The van der Waals surface area contributed by atoms with Crippen molar-refractivity contribution >= 4 is 35.0 Å². The largest absolute Gasteiger partial charge is 0.350 e. The summed E-state index contributed by atoms with van der Waals surface area (Å²) in [6.07, 6.45) is 1.68. The molecule has 0 aliphatic carbocycles. The molecule has 1 heterocycles. The van der Waals surface area contributed by atoms with Crippen molar-refractivity contribution in [3.8, 4) is 5.69 Å². The highest BCUT2D eigenvalue weighted by atomic mass is 35.5. The van der Waals surface area contributed by atoms with Crippen molar-refractivity contribution in [3.63, 3.8) is 0 Å². The van der Waals surface area contributed by atoms with Gasteiger partial charge in [-0.3, -0.25) is 9.59 Å². The van der Waals surface area contributed by atoms with Gasteiger partial charge in [0.2, 0.25) is 0 Å². The van der Waals surface area contributed by atoms with E-state index in [1.165, 1.54) is 0 Å². The number of benzene rings is 2. The number of carbonyl (C=O) groups is 2. The molecule has 3 rings (SSSR count). The molecule has 0 fully saturated rings. The second-order valence-electron chi connectivity index (χ2n) is 5.62. The Morgan fingerprint density at radius 3 is 2.41 bits per heavy atom. The molecule has 3 aromatic rings. The van der Waals surface area contributed by atoms with E-state index in [9.17, 15) is 9.59 Å². The molecule has 2 aromatic carbocycles. The van der Waals surface area contributed by atoms with Gasteiger partial charge in [0.25, 0.3) is 11.8 Å².